The van der Waals surface area contributed by atoms with Crippen molar-refractivity contribution in [1.29, 1.82) is 0 Å². The van der Waals surface area contributed by atoms with Gasteiger partial charge in [-0.3, -0.25) is 4.98 Å². The largest absolute Gasteiger partial charge is 0.392 e. The van der Waals surface area contributed by atoms with Crippen LogP contribution in [-0.4, -0.2) is 47.0 Å². The second-order valence-corrected chi connectivity index (χ2v) is 6.37. The fourth-order valence-electron chi connectivity index (χ4n) is 1.85. The van der Waals surface area contributed by atoms with Gasteiger partial charge in [0.1, 0.15) is 15.6 Å². The van der Waals surface area contributed by atoms with Crippen molar-refractivity contribution < 1.29 is 13.5 Å². The van der Waals surface area contributed by atoms with Crippen molar-refractivity contribution in [3.63, 3.8) is 0 Å². The molecule has 0 amide bonds. The molecule has 1 aliphatic rings. The molecule has 1 unspecified atom stereocenters. The summed E-state index contributed by atoms with van der Waals surface area (Å²) in [6.45, 7) is 0.378. The van der Waals surface area contributed by atoms with Gasteiger partial charge < -0.3 is 10.8 Å². The highest BCUT2D eigenvalue weighted by atomic mass is 32.2. The van der Waals surface area contributed by atoms with Crippen molar-refractivity contribution in [2.24, 2.45) is 5.73 Å². The molecular formula is C10H13N3O3S2. The maximum atomic E-state index is 12.4. The second-order valence-electron chi connectivity index (χ2n) is 4.02. The van der Waals surface area contributed by atoms with Crippen LogP contribution in [0.15, 0.2) is 23.2 Å². The smallest absolute Gasteiger partial charge is 0.245 e. The third-order valence-corrected chi connectivity index (χ3v) is 4.84. The molecule has 0 aliphatic carbocycles. The first kappa shape index (κ1) is 13.3. The van der Waals surface area contributed by atoms with Crippen LogP contribution in [0.4, 0.5) is 0 Å². The Kier molecular flexibility index (Phi) is 3.62. The molecule has 0 radical (unpaired) electrons. The van der Waals surface area contributed by atoms with Gasteiger partial charge in [-0.05, 0) is 18.6 Å². The Bertz CT molecular complexity index is 573. The number of hydrogen-bond donors (Lipinski definition) is 2. The summed E-state index contributed by atoms with van der Waals surface area (Å²) in [6.07, 6.45) is 1.25. The summed E-state index contributed by atoms with van der Waals surface area (Å²) in [5.41, 5.74) is 5.57. The van der Waals surface area contributed by atoms with Gasteiger partial charge in [-0.1, -0.05) is 12.2 Å². The fourth-order valence-corrected chi connectivity index (χ4v) is 3.73. The van der Waals surface area contributed by atoms with Gasteiger partial charge >= 0.3 is 0 Å². The summed E-state index contributed by atoms with van der Waals surface area (Å²) in [6, 6.07) is 2.93. The van der Waals surface area contributed by atoms with Crippen LogP contribution in [0.1, 0.15) is 12.1 Å². The molecule has 0 saturated carbocycles. The number of aliphatic hydroxyl groups is 1. The van der Waals surface area contributed by atoms with Crippen LogP contribution in [0, 0.1) is 0 Å². The van der Waals surface area contributed by atoms with Crippen molar-refractivity contribution in [1.82, 2.24) is 9.29 Å². The molecule has 1 fully saturated rings. The van der Waals surface area contributed by atoms with E-state index in [1.165, 1.54) is 22.6 Å². The second kappa shape index (κ2) is 4.88. The van der Waals surface area contributed by atoms with E-state index in [2.05, 4.69) is 4.98 Å². The molecule has 0 aromatic carbocycles. The third-order valence-electron chi connectivity index (χ3n) is 2.75. The summed E-state index contributed by atoms with van der Waals surface area (Å²) >= 11 is 4.80. The fraction of sp³-hybridized carbons (Fsp3) is 0.400. The summed E-state index contributed by atoms with van der Waals surface area (Å²) in [4.78, 5) is 3.83. The highest BCUT2D eigenvalue weighted by molar-refractivity contribution is 7.89. The van der Waals surface area contributed by atoms with E-state index in [0.717, 1.165) is 0 Å². The minimum atomic E-state index is -3.70. The van der Waals surface area contributed by atoms with Crippen LogP contribution < -0.4 is 5.73 Å². The van der Waals surface area contributed by atoms with Gasteiger partial charge in [0.15, 0.2) is 0 Å². The molecule has 1 saturated heterocycles. The van der Waals surface area contributed by atoms with Crippen LogP contribution in [0.2, 0.25) is 0 Å². The molecule has 1 aromatic rings. The summed E-state index contributed by atoms with van der Waals surface area (Å²) in [5, 5.41) is 9.42. The van der Waals surface area contributed by atoms with E-state index in [1.54, 1.807) is 0 Å². The van der Waals surface area contributed by atoms with Crippen LogP contribution >= 0.6 is 12.2 Å². The molecule has 2 rings (SSSR count). The van der Waals surface area contributed by atoms with Crippen molar-refractivity contribution >= 4 is 27.2 Å². The molecule has 0 bridgehead atoms. The number of aromatic nitrogens is 1. The molecule has 98 valence electrons. The lowest BCUT2D eigenvalue weighted by Gasteiger charge is -2.17. The van der Waals surface area contributed by atoms with Crippen molar-refractivity contribution in [3.8, 4) is 0 Å². The van der Waals surface area contributed by atoms with Crippen molar-refractivity contribution in [2.75, 3.05) is 13.1 Å². The number of sulfonamides is 1. The molecule has 1 atom stereocenters. The average molecular weight is 287 g/mol. The quantitative estimate of drug-likeness (QED) is 0.726. The van der Waals surface area contributed by atoms with Gasteiger partial charge in [0.2, 0.25) is 10.0 Å². The minimum absolute atomic E-state index is 0.00778. The molecule has 3 N–H and O–H groups in total. The predicted molar refractivity (Wildman–Crippen MR) is 69.5 cm³/mol. The number of aliphatic hydroxyl groups excluding tert-OH is 1. The molecular weight excluding hydrogens is 274 g/mol. The van der Waals surface area contributed by atoms with E-state index >= 15 is 0 Å². The molecule has 2 heterocycles. The predicted octanol–water partition coefficient (Wildman–Crippen LogP) is -0.529. The van der Waals surface area contributed by atoms with Gasteiger partial charge in [0.05, 0.1) is 6.10 Å². The monoisotopic (exact) mass is 287 g/mol. The Morgan fingerprint density at radius 2 is 2.33 bits per heavy atom. The maximum Gasteiger partial charge on any atom is 0.245 e. The summed E-state index contributed by atoms with van der Waals surface area (Å²) in [7, 11) is -3.70. The Hall–Kier alpha value is -1.09. The highest BCUT2D eigenvalue weighted by Crippen LogP contribution is 2.22. The van der Waals surface area contributed by atoms with E-state index < -0.39 is 16.1 Å². The van der Waals surface area contributed by atoms with E-state index in [-0.39, 0.29) is 28.7 Å². The number of pyridine rings is 1. The van der Waals surface area contributed by atoms with E-state index in [4.69, 9.17) is 18.0 Å². The lowest BCUT2D eigenvalue weighted by Crippen LogP contribution is -2.31. The number of nitrogens with two attached hydrogens (primary N) is 1. The SMILES string of the molecule is NC(=S)c1ncccc1S(=O)(=O)N1CCC(O)C1. The Balaban J connectivity index is 2.45. The number of rotatable bonds is 3. The zero-order chi connectivity index (χ0) is 13.3. The third kappa shape index (κ3) is 2.37. The maximum absolute atomic E-state index is 12.4. The molecule has 0 spiro atoms. The van der Waals surface area contributed by atoms with Gasteiger partial charge in [-0.2, -0.15) is 4.31 Å². The summed E-state index contributed by atoms with van der Waals surface area (Å²) < 4.78 is 25.9. The first-order chi connectivity index (χ1) is 8.43. The minimum Gasteiger partial charge on any atom is -0.392 e. The first-order valence-electron chi connectivity index (χ1n) is 5.36. The molecule has 1 aromatic heterocycles. The zero-order valence-electron chi connectivity index (χ0n) is 9.48. The Labute approximate surface area is 110 Å². The van der Waals surface area contributed by atoms with Crippen LogP contribution in [0.3, 0.4) is 0 Å². The van der Waals surface area contributed by atoms with Crippen LogP contribution in [0.25, 0.3) is 0 Å². The van der Waals surface area contributed by atoms with Crippen LogP contribution in [0.5, 0.6) is 0 Å². The number of thiocarbonyl (C=S) groups is 1. The number of β-amino-alcohol motifs (C(OH)–C–C–N with tert-alkyl or cyclic N) is 1. The topological polar surface area (TPSA) is 96.5 Å². The first-order valence-corrected chi connectivity index (χ1v) is 7.21. The summed E-state index contributed by atoms with van der Waals surface area (Å²) in [5.74, 6) is 0. The van der Waals surface area contributed by atoms with Crippen molar-refractivity contribution in [3.05, 3.63) is 24.0 Å². The lowest BCUT2D eigenvalue weighted by atomic mass is 10.3. The average Bonchev–Trinajstić information content (AvgIpc) is 2.76. The normalized spacial score (nSPS) is 21.1. The standard InChI is InChI=1S/C10H13N3O3S2/c11-10(17)9-8(2-1-4-12-9)18(15,16)13-5-3-7(14)6-13/h1-2,4,7,14H,3,5-6H2,(H2,11,17). The van der Waals surface area contributed by atoms with Gasteiger partial charge in [0.25, 0.3) is 0 Å². The lowest BCUT2D eigenvalue weighted by molar-refractivity contribution is 0.189. The van der Waals surface area contributed by atoms with E-state index in [9.17, 15) is 13.5 Å². The van der Waals surface area contributed by atoms with Gasteiger partial charge in [-0.25, -0.2) is 8.42 Å². The van der Waals surface area contributed by atoms with Gasteiger partial charge in [-0.15, -0.1) is 0 Å². The molecule has 18 heavy (non-hydrogen) atoms. The molecule has 6 nitrogen and oxygen atoms in total. The zero-order valence-corrected chi connectivity index (χ0v) is 11.1. The number of hydrogen-bond acceptors (Lipinski definition) is 5. The molecule has 8 heteroatoms. The number of nitrogens with zero attached hydrogens (tertiary/aromatic N) is 2. The van der Waals surface area contributed by atoms with E-state index in [0.29, 0.717) is 6.42 Å². The molecule has 1 aliphatic heterocycles. The van der Waals surface area contributed by atoms with Gasteiger partial charge in [0, 0.05) is 19.3 Å². The van der Waals surface area contributed by atoms with Crippen molar-refractivity contribution in [2.45, 2.75) is 17.4 Å². The Morgan fingerprint density at radius 1 is 1.61 bits per heavy atom. The van der Waals surface area contributed by atoms with E-state index in [1.807, 2.05) is 0 Å². The van der Waals surface area contributed by atoms with Crippen LogP contribution in [-0.2, 0) is 10.0 Å². The Morgan fingerprint density at radius 3 is 2.89 bits per heavy atom. The highest BCUT2D eigenvalue weighted by Gasteiger charge is 2.33.